The van der Waals surface area contributed by atoms with Crippen molar-refractivity contribution < 1.29 is 4.74 Å². The molecule has 1 aliphatic heterocycles. The summed E-state index contributed by atoms with van der Waals surface area (Å²) in [6.45, 7) is 17.3. The lowest BCUT2D eigenvalue weighted by Crippen LogP contribution is -2.48. The highest BCUT2D eigenvalue weighted by atomic mass is 16.5. The van der Waals surface area contributed by atoms with Crippen LogP contribution in [-0.2, 0) is 6.54 Å². The fourth-order valence-corrected chi connectivity index (χ4v) is 3.40. The van der Waals surface area contributed by atoms with Crippen molar-refractivity contribution in [3.8, 4) is 5.75 Å². The molecule has 1 aliphatic rings. The van der Waals surface area contributed by atoms with Gasteiger partial charge < -0.3 is 25.2 Å². The molecule has 1 heterocycles. The van der Waals surface area contributed by atoms with Gasteiger partial charge >= 0.3 is 0 Å². The van der Waals surface area contributed by atoms with E-state index in [1.807, 2.05) is 25.2 Å². The molecule has 6 heteroatoms. The van der Waals surface area contributed by atoms with Gasteiger partial charge in [0.15, 0.2) is 5.96 Å². The van der Waals surface area contributed by atoms with Gasteiger partial charge in [0.2, 0.25) is 0 Å². The van der Waals surface area contributed by atoms with Crippen LogP contribution in [0.5, 0.6) is 5.75 Å². The number of benzene rings is 1. The molecule has 6 nitrogen and oxygen atoms in total. The van der Waals surface area contributed by atoms with E-state index in [2.05, 4.69) is 51.9 Å². The van der Waals surface area contributed by atoms with Crippen LogP contribution in [0.25, 0.3) is 0 Å². The Morgan fingerprint density at radius 1 is 1.21 bits per heavy atom. The summed E-state index contributed by atoms with van der Waals surface area (Å²) in [7, 11) is 1.81. The number of likely N-dealkylation sites (N-methyl/N-ethyl adjacent to an activating group) is 1. The number of guanidine groups is 1. The monoisotopic (exact) mass is 387 g/mol. The van der Waals surface area contributed by atoms with E-state index in [-0.39, 0.29) is 0 Å². The third-order valence-electron chi connectivity index (χ3n) is 5.10. The molecule has 0 saturated carbocycles. The Balaban J connectivity index is 1.73. The zero-order valence-corrected chi connectivity index (χ0v) is 17.8. The minimum Gasteiger partial charge on any atom is -0.489 e. The van der Waals surface area contributed by atoms with Crippen LogP contribution in [0.2, 0.25) is 0 Å². The van der Waals surface area contributed by atoms with Crippen LogP contribution in [-0.4, -0.2) is 75.2 Å². The number of nitrogens with one attached hydrogen (secondary N) is 2. The van der Waals surface area contributed by atoms with Crippen LogP contribution in [0.15, 0.2) is 41.9 Å². The van der Waals surface area contributed by atoms with E-state index in [0.717, 1.165) is 36.9 Å². The Kier molecular flexibility index (Phi) is 9.86. The van der Waals surface area contributed by atoms with Gasteiger partial charge in [-0.15, -0.1) is 0 Å². The number of nitrogens with zero attached hydrogens (tertiary/aromatic N) is 3. The highest BCUT2D eigenvalue weighted by Gasteiger charge is 2.17. The molecule has 1 unspecified atom stereocenters. The van der Waals surface area contributed by atoms with Crippen molar-refractivity contribution in [1.29, 1.82) is 0 Å². The topological polar surface area (TPSA) is 52.1 Å². The number of piperazine rings is 1. The lowest BCUT2D eigenvalue weighted by atomic mass is 10.1. The fourth-order valence-electron chi connectivity index (χ4n) is 3.40. The van der Waals surface area contributed by atoms with Crippen LogP contribution in [0.4, 0.5) is 0 Å². The van der Waals surface area contributed by atoms with Crippen LogP contribution in [0, 0.1) is 5.92 Å². The maximum atomic E-state index is 5.72. The molecule has 1 aromatic carbocycles. The van der Waals surface area contributed by atoms with Gasteiger partial charge in [0.05, 0.1) is 0 Å². The molecule has 0 radical (unpaired) electrons. The van der Waals surface area contributed by atoms with Gasteiger partial charge in [-0.3, -0.25) is 4.99 Å². The van der Waals surface area contributed by atoms with Crippen LogP contribution in [0.3, 0.4) is 0 Å². The van der Waals surface area contributed by atoms with E-state index in [1.54, 1.807) is 6.08 Å². The van der Waals surface area contributed by atoms with Crippen molar-refractivity contribution in [1.82, 2.24) is 20.4 Å². The Labute approximate surface area is 170 Å². The van der Waals surface area contributed by atoms with Gasteiger partial charge in [0.25, 0.3) is 0 Å². The highest BCUT2D eigenvalue weighted by Crippen LogP contribution is 2.17. The summed E-state index contributed by atoms with van der Waals surface area (Å²) in [4.78, 5) is 9.44. The second-order valence-electron chi connectivity index (χ2n) is 7.35. The molecule has 1 atom stereocenters. The molecule has 2 rings (SSSR count). The summed E-state index contributed by atoms with van der Waals surface area (Å²) in [5.74, 6) is 2.26. The SMILES string of the molecule is C=CCOc1ccccc1CNC(=NC)NCC(C)CN1CCN(CC)CC1. The number of hydrogen-bond donors (Lipinski definition) is 2. The average molecular weight is 388 g/mol. The number of ether oxygens (including phenoxy) is 1. The predicted octanol–water partition coefficient (Wildman–Crippen LogP) is 2.19. The van der Waals surface area contributed by atoms with E-state index in [9.17, 15) is 0 Å². The smallest absolute Gasteiger partial charge is 0.191 e. The van der Waals surface area contributed by atoms with Crippen molar-refractivity contribution in [2.45, 2.75) is 20.4 Å². The average Bonchev–Trinajstić information content (AvgIpc) is 2.73. The number of hydrogen-bond acceptors (Lipinski definition) is 4. The second-order valence-corrected chi connectivity index (χ2v) is 7.35. The molecular formula is C22H37N5O. The van der Waals surface area contributed by atoms with Gasteiger partial charge in [-0.2, -0.15) is 0 Å². The summed E-state index contributed by atoms with van der Waals surface area (Å²) in [6.07, 6.45) is 1.76. The Hall–Kier alpha value is -2.05. The van der Waals surface area contributed by atoms with Gasteiger partial charge in [-0.05, 0) is 18.5 Å². The quantitative estimate of drug-likeness (QED) is 0.366. The molecule has 1 saturated heterocycles. The molecule has 0 bridgehead atoms. The normalized spacial score (nSPS) is 17.2. The fraction of sp³-hybridized carbons (Fsp3) is 0.591. The largest absolute Gasteiger partial charge is 0.489 e. The number of para-hydroxylation sites is 1. The Morgan fingerprint density at radius 2 is 1.93 bits per heavy atom. The minimum absolute atomic E-state index is 0.508. The summed E-state index contributed by atoms with van der Waals surface area (Å²) >= 11 is 0. The second kappa shape index (κ2) is 12.4. The standard InChI is InChI=1S/C22H37N5O/c1-5-15-28-21-10-8-7-9-20(21)17-25-22(23-4)24-16-19(3)18-27-13-11-26(6-2)12-14-27/h5,7-10,19H,1,6,11-18H2,2-4H3,(H2,23,24,25). The first kappa shape index (κ1) is 22.2. The molecule has 1 aromatic rings. The van der Waals surface area contributed by atoms with Crippen molar-refractivity contribution >= 4 is 5.96 Å². The van der Waals surface area contributed by atoms with Gasteiger partial charge in [-0.25, -0.2) is 0 Å². The lowest BCUT2D eigenvalue weighted by molar-refractivity contribution is 0.124. The van der Waals surface area contributed by atoms with Crippen LogP contribution < -0.4 is 15.4 Å². The molecule has 0 amide bonds. The minimum atomic E-state index is 0.508. The van der Waals surface area contributed by atoms with E-state index in [4.69, 9.17) is 4.74 Å². The Morgan fingerprint density at radius 3 is 2.61 bits per heavy atom. The number of rotatable bonds is 10. The maximum absolute atomic E-state index is 5.72. The molecule has 2 N–H and O–H groups in total. The van der Waals surface area contributed by atoms with Crippen LogP contribution in [0.1, 0.15) is 19.4 Å². The maximum Gasteiger partial charge on any atom is 0.191 e. The van der Waals surface area contributed by atoms with Crippen molar-refractivity contribution in [2.75, 3.05) is 59.5 Å². The third-order valence-corrected chi connectivity index (χ3v) is 5.10. The number of aliphatic imine (C=N–C) groups is 1. The first-order chi connectivity index (χ1) is 13.7. The van der Waals surface area contributed by atoms with Gasteiger partial charge in [-0.1, -0.05) is 44.7 Å². The van der Waals surface area contributed by atoms with Gasteiger partial charge in [0.1, 0.15) is 12.4 Å². The zero-order valence-electron chi connectivity index (χ0n) is 17.8. The summed E-state index contributed by atoms with van der Waals surface area (Å²) < 4.78 is 5.72. The lowest BCUT2D eigenvalue weighted by Gasteiger charge is -2.35. The summed E-state index contributed by atoms with van der Waals surface area (Å²) in [5, 5.41) is 6.84. The molecule has 1 fully saturated rings. The first-order valence-corrected chi connectivity index (χ1v) is 10.4. The van der Waals surface area contributed by atoms with Crippen molar-refractivity contribution in [2.24, 2.45) is 10.9 Å². The molecule has 156 valence electrons. The van der Waals surface area contributed by atoms with E-state index < -0.39 is 0 Å². The molecule has 0 spiro atoms. The molecule has 28 heavy (non-hydrogen) atoms. The van der Waals surface area contributed by atoms with Gasteiger partial charge in [0, 0.05) is 58.4 Å². The van der Waals surface area contributed by atoms with Crippen LogP contribution >= 0.6 is 0 Å². The molecule has 0 aromatic heterocycles. The zero-order chi connectivity index (χ0) is 20.2. The van der Waals surface area contributed by atoms with E-state index >= 15 is 0 Å². The van der Waals surface area contributed by atoms with Crippen molar-refractivity contribution in [3.05, 3.63) is 42.5 Å². The summed E-state index contributed by atoms with van der Waals surface area (Å²) in [6, 6.07) is 8.06. The Bertz CT molecular complexity index is 611. The first-order valence-electron chi connectivity index (χ1n) is 10.4. The van der Waals surface area contributed by atoms with Crippen molar-refractivity contribution in [3.63, 3.8) is 0 Å². The molecular weight excluding hydrogens is 350 g/mol. The van der Waals surface area contributed by atoms with E-state index in [1.165, 1.54) is 26.2 Å². The predicted molar refractivity (Wildman–Crippen MR) is 118 cm³/mol. The molecule has 0 aliphatic carbocycles. The highest BCUT2D eigenvalue weighted by molar-refractivity contribution is 5.79. The third kappa shape index (κ3) is 7.52. The summed E-state index contributed by atoms with van der Waals surface area (Å²) in [5.41, 5.74) is 1.11. The van der Waals surface area contributed by atoms with E-state index in [0.29, 0.717) is 19.1 Å².